The number of ketones is 1. The molecule has 0 radical (unpaired) electrons. The molecule has 164 valence electrons. The maximum Gasteiger partial charge on any atom is 0.295 e. The third-order valence-electron chi connectivity index (χ3n) is 5.38. The normalized spacial score (nSPS) is 18.1. The quantitative estimate of drug-likeness (QED) is 0.286. The van der Waals surface area contributed by atoms with Crippen molar-refractivity contribution in [1.82, 2.24) is 9.88 Å². The predicted molar refractivity (Wildman–Crippen MR) is 120 cm³/mol. The molecule has 6 heteroatoms. The van der Waals surface area contributed by atoms with E-state index in [-0.39, 0.29) is 17.4 Å². The monoisotopic (exact) mass is 422 g/mol. The molecule has 0 saturated carbocycles. The summed E-state index contributed by atoms with van der Waals surface area (Å²) in [4.78, 5) is 31.5. The van der Waals surface area contributed by atoms with Gasteiger partial charge >= 0.3 is 0 Å². The van der Waals surface area contributed by atoms with Gasteiger partial charge in [0.25, 0.3) is 11.7 Å². The molecule has 1 aliphatic heterocycles. The largest absolute Gasteiger partial charge is 0.507 e. The Morgan fingerprint density at radius 3 is 2.48 bits per heavy atom. The number of hydrogen-bond donors (Lipinski definition) is 1. The van der Waals surface area contributed by atoms with Crippen molar-refractivity contribution in [2.75, 3.05) is 6.54 Å². The fraction of sp³-hybridized carbons (Fsp3) is 0.400. The van der Waals surface area contributed by atoms with Gasteiger partial charge in [-0.15, -0.1) is 0 Å². The third kappa shape index (κ3) is 4.79. The highest BCUT2D eigenvalue weighted by atomic mass is 16.5. The number of aromatic nitrogens is 1. The van der Waals surface area contributed by atoms with Crippen LogP contribution in [-0.4, -0.2) is 39.3 Å². The molecule has 1 atom stereocenters. The lowest BCUT2D eigenvalue weighted by Gasteiger charge is -2.25. The second kappa shape index (κ2) is 9.77. The Morgan fingerprint density at radius 2 is 1.87 bits per heavy atom. The van der Waals surface area contributed by atoms with Crippen LogP contribution in [0.4, 0.5) is 0 Å². The highest BCUT2D eigenvalue weighted by Gasteiger charge is 2.45. The van der Waals surface area contributed by atoms with E-state index in [0.29, 0.717) is 12.1 Å². The van der Waals surface area contributed by atoms with Crippen molar-refractivity contribution in [3.05, 3.63) is 65.0 Å². The summed E-state index contributed by atoms with van der Waals surface area (Å²) in [5.41, 5.74) is 2.20. The Balaban J connectivity index is 2.07. The number of Topliss-reactive ketones (excluding diaryl/α,β-unsaturated/α-hetero) is 1. The minimum Gasteiger partial charge on any atom is -0.507 e. The van der Waals surface area contributed by atoms with E-state index in [2.05, 4.69) is 11.9 Å². The van der Waals surface area contributed by atoms with Gasteiger partial charge in [-0.1, -0.05) is 19.8 Å². The van der Waals surface area contributed by atoms with Crippen molar-refractivity contribution in [3.8, 4) is 5.75 Å². The van der Waals surface area contributed by atoms with Crippen molar-refractivity contribution in [2.45, 2.75) is 59.1 Å². The van der Waals surface area contributed by atoms with Crippen molar-refractivity contribution in [1.29, 1.82) is 0 Å². The van der Waals surface area contributed by atoms with Gasteiger partial charge in [0.15, 0.2) is 0 Å². The van der Waals surface area contributed by atoms with Crippen molar-refractivity contribution < 1.29 is 19.4 Å². The maximum absolute atomic E-state index is 13.0. The Kier molecular flexibility index (Phi) is 7.10. The standard InChI is InChI=1S/C25H30N2O4/c1-5-6-7-14-27-22(18-10-12-26-13-11-18)21(24(29)25(27)30)23(28)19-8-9-20(17(4)15-19)31-16(2)3/h8-13,15-16,22,28H,5-7,14H2,1-4H3/b23-21-. The highest BCUT2D eigenvalue weighted by molar-refractivity contribution is 6.46. The molecule has 1 fully saturated rings. The van der Waals surface area contributed by atoms with E-state index < -0.39 is 17.7 Å². The summed E-state index contributed by atoms with van der Waals surface area (Å²) >= 11 is 0. The van der Waals surface area contributed by atoms with Crippen LogP contribution in [0.25, 0.3) is 5.76 Å². The van der Waals surface area contributed by atoms with Gasteiger partial charge < -0.3 is 14.7 Å². The summed E-state index contributed by atoms with van der Waals surface area (Å²) in [5, 5.41) is 11.2. The number of nitrogens with zero attached hydrogens (tertiary/aromatic N) is 2. The lowest BCUT2D eigenvalue weighted by atomic mass is 9.95. The maximum atomic E-state index is 13.0. The number of aliphatic hydroxyl groups excluding tert-OH is 1. The molecule has 0 spiro atoms. The van der Waals surface area contributed by atoms with Gasteiger partial charge in [0, 0.05) is 24.5 Å². The van der Waals surface area contributed by atoms with Gasteiger partial charge in [0.2, 0.25) is 0 Å². The predicted octanol–water partition coefficient (Wildman–Crippen LogP) is 4.79. The second-order valence-electron chi connectivity index (χ2n) is 8.13. The topological polar surface area (TPSA) is 79.7 Å². The fourth-order valence-corrected chi connectivity index (χ4v) is 3.87. The number of rotatable bonds is 8. The number of benzene rings is 1. The summed E-state index contributed by atoms with van der Waals surface area (Å²) in [7, 11) is 0. The molecule has 31 heavy (non-hydrogen) atoms. The summed E-state index contributed by atoms with van der Waals surface area (Å²) in [6.07, 6.45) is 6.05. The van der Waals surface area contributed by atoms with Gasteiger partial charge in [0.05, 0.1) is 17.7 Å². The first kappa shape index (κ1) is 22.5. The Hall–Kier alpha value is -3.15. The number of amides is 1. The lowest BCUT2D eigenvalue weighted by molar-refractivity contribution is -0.139. The van der Waals surface area contributed by atoms with Crippen LogP contribution < -0.4 is 4.74 Å². The molecular weight excluding hydrogens is 392 g/mol. The minimum atomic E-state index is -0.657. The van der Waals surface area contributed by atoms with Crippen LogP contribution >= 0.6 is 0 Å². The number of likely N-dealkylation sites (tertiary alicyclic amines) is 1. The van der Waals surface area contributed by atoms with E-state index in [1.165, 1.54) is 0 Å². The average Bonchev–Trinajstić information content (AvgIpc) is 3.00. The second-order valence-corrected chi connectivity index (χ2v) is 8.13. The zero-order chi connectivity index (χ0) is 22.5. The number of pyridine rings is 1. The Bertz CT molecular complexity index is 982. The molecule has 1 aliphatic rings. The van der Waals surface area contributed by atoms with E-state index in [1.807, 2.05) is 20.8 Å². The van der Waals surface area contributed by atoms with Crippen LogP contribution in [0.2, 0.25) is 0 Å². The third-order valence-corrected chi connectivity index (χ3v) is 5.38. The molecule has 2 aromatic rings. The molecule has 1 amide bonds. The van der Waals surface area contributed by atoms with Gasteiger partial charge in [0.1, 0.15) is 11.5 Å². The van der Waals surface area contributed by atoms with Crippen LogP contribution in [0.15, 0.2) is 48.3 Å². The first-order valence-corrected chi connectivity index (χ1v) is 10.8. The summed E-state index contributed by atoms with van der Waals surface area (Å²) < 4.78 is 5.77. The van der Waals surface area contributed by atoms with E-state index >= 15 is 0 Å². The van der Waals surface area contributed by atoms with Gasteiger partial charge in [-0.3, -0.25) is 14.6 Å². The average molecular weight is 423 g/mol. The fourth-order valence-electron chi connectivity index (χ4n) is 3.87. The number of hydrogen-bond acceptors (Lipinski definition) is 5. The smallest absolute Gasteiger partial charge is 0.295 e. The first-order valence-electron chi connectivity index (χ1n) is 10.8. The Morgan fingerprint density at radius 1 is 1.16 bits per heavy atom. The molecule has 0 bridgehead atoms. The number of unbranched alkanes of at least 4 members (excludes halogenated alkanes) is 2. The highest BCUT2D eigenvalue weighted by Crippen LogP contribution is 2.39. The van der Waals surface area contributed by atoms with Crippen molar-refractivity contribution >= 4 is 17.4 Å². The van der Waals surface area contributed by atoms with Crippen molar-refractivity contribution in [3.63, 3.8) is 0 Å². The number of carbonyl (C=O) groups is 2. The summed E-state index contributed by atoms with van der Waals surface area (Å²) in [5.74, 6) is -0.679. The van der Waals surface area contributed by atoms with Crippen LogP contribution in [-0.2, 0) is 9.59 Å². The van der Waals surface area contributed by atoms with Gasteiger partial charge in [-0.25, -0.2) is 0 Å². The van der Waals surface area contributed by atoms with Crippen LogP contribution in [0, 0.1) is 6.92 Å². The summed E-state index contributed by atoms with van der Waals surface area (Å²) in [6, 6.07) is 8.20. The van der Waals surface area contributed by atoms with Crippen LogP contribution in [0.3, 0.4) is 0 Å². The Labute approximate surface area is 183 Å². The zero-order valence-corrected chi connectivity index (χ0v) is 18.6. The molecule has 1 aromatic heterocycles. The van der Waals surface area contributed by atoms with E-state index in [1.54, 1.807) is 47.6 Å². The number of carbonyl (C=O) groups excluding carboxylic acids is 2. The van der Waals surface area contributed by atoms with E-state index in [4.69, 9.17) is 4.74 Å². The van der Waals surface area contributed by atoms with Crippen molar-refractivity contribution in [2.24, 2.45) is 0 Å². The lowest BCUT2D eigenvalue weighted by Crippen LogP contribution is -2.30. The number of aryl methyl sites for hydroxylation is 1. The molecule has 6 nitrogen and oxygen atoms in total. The molecule has 3 rings (SSSR count). The van der Waals surface area contributed by atoms with Gasteiger partial charge in [-0.2, -0.15) is 0 Å². The molecule has 2 heterocycles. The molecular formula is C25H30N2O4. The van der Waals surface area contributed by atoms with E-state index in [9.17, 15) is 14.7 Å². The van der Waals surface area contributed by atoms with Crippen LogP contribution in [0.1, 0.15) is 62.8 Å². The van der Waals surface area contributed by atoms with Gasteiger partial charge in [-0.05, 0) is 68.7 Å². The van der Waals surface area contributed by atoms with Crippen LogP contribution in [0.5, 0.6) is 5.75 Å². The first-order chi connectivity index (χ1) is 14.8. The molecule has 1 unspecified atom stereocenters. The zero-order valence-electron chi connectivity index (χ0n) is 18.6. The molecule has 1 aromatic carbocycles. The van der Waals surface area contributed by atoms with E-state index in [0.717, 1.165) is 36.1 Å². The molecule has 1 N–H and O–H groups in total. The summed E-state index contributed by atoms with van der Waals surface area (Å²) in [6.45, 7) is 8.33. The molecule has 0 aliphatic carbocycles. The SMILES string of the molecule is CCCCCN1C(=O)C(=O)/C(=C(\O)c2ccc(OC(C)C)c(C)c2)C1c1ccncc1. The number of ether oxygens (including phenoxy) is 1. The molecule has 1 saturated heterocycles. The number of aliphatic hydroxyl groups is 1. The minimum absolute atomic E-state index is 0.0262.